The van der Waals surface area contributed by atoms with Crippen LogP contribution in [-0.4, -0.2) is 42.6 Å². The fraction of sp³-hybridized carbons (Fsp3) is 0.588. The first-order valence-corrected chi connectivity index (χ1v) is 9.81. The molecule has 2 rings (SSSR count). The Morgan fingerprint density at radius 3 is 2.87 bits per heavy atom. The largest absolute Gasteiger partial charge is 0.481 e. The van der Waals surface area contributed by atoms with E-state index >= 15 is 0 Å². The molecular weight excluding hydrogens is 314 g/mol. The van der Waals surface area contributed by atoms with Crippen molar-refractivity contribution in [2.24, 2.45) is 0 Å². The molecule has 1 N–H and O–H groups in total. The summed E-state index contributed by atoms with van der Waals surface area (Å²) >= 11 is 0. The molecule has 128 valence electrons. The predicted octanol–water partition coefficient (Wildman–Crippen LogP) is 2.62. The average molecular weight is 339 g/mol. The summed E-state index contributed by atoms with van der Waals surface area (Å²) in [4.78, 5) is 10.9. The number of carbonyl (C=O) groups is 1. The van der Waals surface area contributed by atoms with E-state index in [1.807, 2.05) is 25.1 Å². The van der Waals surface area contributed by atoms with Crippen LogP contribution in [-0.2, 0) is 21.2 Å². The maximum atomic E-state index is 12.4. The van der Waals surface area contributed by atoms with Crippen molar-refractivity contribution >= 4 is 16.0 Å². The Morgan fingerprint density at radius 1 is 1.39 bits per heavy atom. The highest BCUT2D eigenvalue weighted by molar-refractivity contribution is 7.89. The molecule has 1 aromatic carbocycles. The number of hydrogen-bond acceptors (Lipinski definition) is 3. The number of unbranched alkanes of at least 4 members (excludes halogenated alkanes) is 1. The van der Waals surface area contributed by atoms with Crippen molar-refractivity contribution in [1.29, 1.82) is 0 Å². The van der Waals surface area contributed by atoms with Gasteiger partial charge in [-0.1, -0.05) is 37.6 Å². The second-order valence-corrected chi connectivity index (χ2v) is 8.27. The van der Waals surface area contributed by atoms with Crippen molar-refractivity contribution in [3.05, 3.63) is 35.4 Å². The molecule has 1 aromatic rings. The lowest BCUT2D eigenvalue weighted by atomic mass is 9.90. The fourth-order valence-electron chi connectivity index (χ4n) is 3.05. The molecule has 6 heteroatoms. The lowest BCUT2D eigenvalue weighted by Crippen LogP contribution is -2.40. The Balaban J connectivity index is 2.10. The summed E-state index contributed by atoms with van der Waals surface area (Å²) in [5, 5.41) is 8.91. The Labute approximate surface area is 138 Å². The van der Waals surface area contributed by atoms with Gasteiger partial charge in [-0.2, -0.15) is 0 Å². The SMILES string of the molecule is CCCCS(=O)(=O)N1CCCC(c2cccc(CC(=O)O)c2)C1. The molecule has 1 heterocycles. The van der Waals surface area contributed by atoms with Crippen LogP contribution in [0.2, 0.25) is 0 Å². The Hall–Kier alpha value is -1.40. The monoisotopic (exact) mass is 339 g/mol. The van der Waals surface area contributed by atoms with Crippen molar-refractivity contribution in [3.8, 4) is 0 Å². The van der Waals surface area contributed by atoms with Gasteiger partial charge in [-0.3, -0.25) is 4.79 Å². The topological polar surface area (TPSA) is 74.7 Å². The average Bonchev–Trinajstić information content (AvgIpc) is 2.53. The van der Waals surface area contributed by atoms with E-state index in [2.05, 4.69) is 0 Å². The van der Waals surface area contributed by atoms with Crippen molar-refractivity contribution in [2.75, 3.05) is 18.8 Å². The Morgan fingerprint density at radius 2 is 2.17 bits per heavy atom. The van der Waals surface area contributed by atoms with Crippen molar-refractivity contribution in [3.63, 3.8) is 0 Å². The summed E-state index contributed by atoms with van der Waals surface area (Å²) in [5.74, 6) is -0.488. The second-order valence-electron chi connectivity index (χ2n) is 6.18. The molecule has 23 heavy (non-hydrogen) atoms. The molecule has 0 aromatic heterocycles. The quantitative estimate of drug-likeness (QED) is 0.828. The molecule has 0 saturated carbocycles. The molecule has 0 aliphatic carbocycles. The van der Waals surface area contributed by atoms with Gasteiger partial charge in [-0.15, -0.1) is 0 Å². The normalized spacial score (nSPS) is 19.6. The lowest BCUT2D eigenvalue weighted by Gasteiger charge is -2.32. The van der Waals surface area contributed by atoms with E-state index in [0.29, 0.717) is 19.5 Å². The summed E-state index contributed by atoms with van der Waals surface area (Å²) in [7, 11) is -3.18. The minimum absolute atomic E-state index is 0.000920. The molecule has 1 unspecified atom stereocenters. The van der Waals surface area contributed by atoms with Gasteiger partial charge in [-0.05, 0) is 36.3 Å². The number of aliphatic carboxylic acids is 1. The van der Waals surface area contributed by atoms with Gasteiger partial charge in [0.15, 0.2) is 0 Å². The first-order valence-electron chi connectivity index (χ1n) is 8.21. The van der Waals surface area contributed by atoms with Crippen LogP contribution in [0.1, 0.15) is 49.7 Å². The van der Waals surface area contributed by atoms with Crippen molar-refractivity contribution in [2.45, 2.75) is 44.9 Å². The second kappa shape index (κ2) is 7.93. The van der Waals surface area contributed by atoms with Gasteiger partial charge in [0.1, 0.15) is 0 Å². The molecule has 1 fully saturated rings. The first kappa shape index (κ1) is 17.9. The smallest absolute Gasteiger partial charge is 0.307 e. The highest BCUT2D eigenvalue weighted by atomic mass is 32.2. The van der Waals surface area contributed by atoms with Gasteiger partial charge in [-0.25, -0.2) is 12.7 Å². The summed E-state index contributed by atoms with van der Waals surface area (Å²) in [6.45, 7) is 3.09. The van der Waals surface area contributed by atoms with E-state index in [0.717, 1.165) is 30.4 Å². The van der Waals surface area contributed by atoms with Gasteiger partial charge in [0.05, 0.1) is 12.2 Å². The van der Waals surface area contributed by atoms with Crippen LogP contribution in [0.5, 0.6) is 0 Å². The number of rotatable bonds is 7. The number of nitrogens with zero attached hydrogens (tertiary/aromatic N) is 1. The molecule has 0 spiro atoms. The fourth-order valence-corrected chi connectivity index (χ4v) is 4.78. The van der Waals surface area contributed by atoms with E-state index in [-0.39, 0.29) is 18.1 Å². The van der Waals surface area contributed by atoms with E-state index < -0.39 is 16.0 Å². The molecule has 0 radical (unpaired) electrons. The first-order chi connectivity index (χ1) is 10.9. The number of sulfonamides is 1. The third kappa shape index (κ3) is 5.04. The standard InChI is InChI=1S/C17H25NO4S/c1-2-3-10-23(21,22)18-9-5-8-16(13-18)15-7-4-6-14(11-15)12-17(19)20/h4,6-7,11,16H,2-3,5,8-10,12-13H2,1H3,(H,19,20). The van der Waals surface area contributed by atoms with Crippen LogP contribution in [0, 0.1) is 0 Å². The molecule has 1 atom stereocenters. The Kier molecular flexibility index (Phi) is 6.18. The van der Waals surface area contributed by atoms with Crippen molar-refractivity contribution < 1.29 is 18.3 Å². The zero-order chi connectivity index (χ0) is 16.9. The zero-order valence-electron chi connectivity index (χ0n) is 13.6. The molecular formula is C17H25NO4S. The summed E-state index contributed by atoms with van der Waals surface area (Å²) < 4.78 is 26.4. The minimum atomic E-state index is -3.18. The molecule has 1 aliphatic heterocycles. The van der Waals surface area contributed by atoms with E-state index in [4.69, 9.17) is 5.11 Å². The van der Waals surface area contributed by atoms with E-state index in [1.165, 1.54) is 0 Å². The minimum Gasteiger partial charge on any atom is -0.481 e. The number of piperidine rings is 1. The number of benzene rings is 1. The highest BCUT2D eigenvalue weighted by Crippen LogP contribution is 2.29. The highest BCUT2D eigenvalue weighted by Gasteiger charge is 2.29. The van der Waals surface area contributed by atoms with Gasteiger partial charge >= 0.3 is 5.97 Å². The van der Waals surface area contributed by atoms with Crippen LogP contribution < -0.4 is 0 Å². The molecule has 1 aliphatic rings. The summed E-state index contributed by atoms with van der Waals surface area (Å²) in [5.41, 5.74) is 1.81. The van der Waals surface area contributed by atoms with Crippen LogP contribution in [0.25, 0.3) is 0 Å². The van der Waals surface area contributed by atoms with E-state index in [1.54, 1.807) is 10.4 Å². The van der Waals surface area contributed by atoms with Gasteiger partial charge in [0.25, 0.3) is 0 Å². The van der Waals surface area contributed by atoms with Crippen LogP contribution in [0.4, 0.5) is 0 Å². The number of hydrogen-bond donors (Lipinski definition) is 1. The number of carboxylic acid groups (broad SMARTS) is 1. The third-order valence-corrected chi connectivity index (χ3v) is 6.23. The third-order valence-electron chi connectivity index (χ3n) is 4.31. The molecule has 1 saturated heterocycles. The lowest BCUT2D eigenvalue weighted by molar-refractivity contribution is -0.136. The Bertz CT molecular complexity index is 642. The predicted molar refractivity (Wildman–Crippen MR) is 90.0 cm³/mol. The van der Waals surface area contributed by atoms with Gasteiger partial charge < -0.3 is 5.11 Å². The van der Waals surface area contributed by atoms with Gasteiger partial charge in [0, 0.05) is 13.1 Å². The summed E-state index contributed by atoms with van der Waals surface area (Å²) in [6.07, 6.45) is 3.35. The van der Waals surface area contributed by atoms with Crippen molar-refractivity contribution in [1.82, 2.24) is 4.31 Å². The maximum Gasteiger partial charge on any atom is 0.307 e. The zero-order valence-corrected chi connectivity index (χ0v) is 14.4. The van der Waals surface area contributed by atoms with Crippen LogP contribution >= 0.6 is 0 Å². The van der Waals surface area contributed by atoms with Crippen LogP contribution in [0.15, 0.2) is 24.3 Å². The molecule has 5 nitrogen and oxygen atoms in total. The van der Waals surface area contributed by atoms with E-state index in [9.17, 15) is 13.2 Å². The molecule has 0 bridgehead atoms. The van der Waals surface area contributed by atoms with Crippen LogP contribution in [0.3, 0.4) is 0 Å². The number of carboxylic acids is 1. The molecule has 0 amide bonds. The maximum absolute atomic E-state index is 12.4. The summed E-state index contributed by atoms with van der Waals surface area (Å²) in [6, 6.07) is 7.54. The van der Waals surface area contributed by atoms with Gasteiger partial charge in [0.2, 0.25) is 10.0 Å².